The van der Waals surface area contributed by atoms with E-state index in [1.54, 1.807) is 19.3 Å². The predicted octanol–water partition coefficient (Wildman–Crippen LogP) is 2.14. The van der Waals surface area contributed by atoms with E-state index in [-0.39, 0.29) is 42.3 Å². The lowest BCUT2D eigenvalue weighted by Crippen LogP contribution is -2.45. The standard InChI is InChI=1S/C17H25F3N6O.HI/c1-12-3-4-14(23-9-12)25-15(27)5-7-22-16(21-2)24-13-6-8-26(10-13)11-17(18,19)20;/h3-4,9,13H,5-8,10-11H2,1-2H3,(H2,21,22,24)(H,23,25,27);1H. The number of likely N-dealkylation sites (tertiary alicyclic amines) is 1. The van der Waals surface area contributed by atoms with Crippen molar-refractivity contribution in [1.82, 2.24) is 20.5 Å². The molecule has 1 unspecified atom stereocenters. The summed E-state index contributed by atoms with van der Waals surface area (Å²) >= 11 is 0. The molecular weight excluding hydrogens is 488 g/mol. The molecule has 158 valence electrons. The molecule has 1 fully saturated rings. The van der Waals surface area contributed by atoms with Crippen LogP contribution in [0.3, 0.4) is 0 Å². The van der Waals surface area contributed by atoms with E-state index in [0.29, 0.717) is 37.8 Å². The van der Waals surface area contributed by atoms with Gasteiger partial charge in [0.15, 0.2) is 5.96 Å². The molecule has 0 aromatic carbocycles. The van der Waals surface area contributed by atoms with Crippen LogP contribution in [0.5, 0.6) is 0 Å². The Balaban J connectivity index is 0.00000392. The zero-order valence-corrected chi connectivity index (χ0v) is 18.2. The highest BCUT2D eigenvalue weighted by Gasteiger charge is 2.34. The van der Waals surface area contributed by atoms with Gasteiger partial charge in [0.05, 0.1) is 6.54 Å². The highest BCUT2D eigenvalue weighted by molar-refractivity contribution is 14.0. The van der Waals surface area contributed by atoms with E-state index in [9.17, 15) is 18.0 Å². The minimum absolute atomic E-state index is 0. The Morgan fingerprint density at radius 1 is 1.39 bits per heavy atom. The highest BCUT2D eigenvalue weighted by Crippen LogP contribution is 2.19. The lowest BCUT2D eigenvalue weighted by atomic mass is 10.3. The summed E-state index contributed by atoms with van der Waals surface area (Å²) in [5, 5.41) is 8.80. The summed E-state index contributed by atoms with van der Waals surface area (Å²) in [7, 11) is 1.58. The number of aryl methyl sites for hydroxylation is 1. The smallest absolute Gasteiger partial charge is 0.356 e. The molecule has 1 aromatic rings. The number of aliphatic imine (C=N–C) groups is 1. The van der Waals surface area contributed by atoms with E-state index in [1.807, 2.05) is 13.0 Å². The van der Waals surface area contributed by atoms with E-state index < -0.39 is 12.7 Å². The Hall–Kier alpha value is -1.63. The number of carbonyl (C=O) groups is 1. The average molecular weight is 514 g/mol. The zero-order valence-electron chi connectivity index (χ0n) is 15.8. The Morgan fingerprint density at radius 3 is 2.75 bits per heavy atom. The van der Waals surface area contributed by atoms with Crippen molar-refractivity contribution in [1.29, 1.82) is 0 Å². The maximum absolute atomic E-state index is 12.4. The minimum atomic E-state index is -4.19. The van der Waals surface area contributed by atoms with E-state index in [1.165, 1.54) is 4.90 Å². The first kappa shape index (κ1) is 24.4. The van der Waals surface area contributed by atoms with Gasteiger partial charge in [0.25, 0.3) is 0 Å². The van der Waals surface area contributed by atoms with Crippen LogP contribution in [0.25, 0.3) is 0 Å². The molecule has 1 atom stereocenters. The average Bonchev–Trinajstić information content (AvgIpc) is 3.01. The first-order valence-electron chi connectivity index (χ1n) is 8.74. The number of alkyl halides is 3. The van der Waals surface area contributed by atoms with Gasteiger partial charge in [-0.2, -0.15) is 13.2 Å². The largest absolute Gasteiger partial charge is 0.401 e. The molecule has 0 saturated carbocycles. The highest BCUT2D eigenvalue weighted by atomic mass is 127. The second kappa shape index (κ2) is 11.4. The first-order valence-corrected chi connectivity index (χ1v) is 8.74. The predicted molar refractivity (Wildman–Crippen MR) is 113 cm³/mol. The second-order valence-corrected chi connectivity index (χ2v) is 6.50. The molecule has 3 N–H and O–H groups in total. The quantitative estimate of drug-likeness (QED) is 0.308. The first-order chi connectivity index (χ1) is 12.7. The van der Waals surface area contributed by atoms with Gasteiger partial charge in [0, 0.05) is 45.3 Å². The number of carbonyl (C=O) groups excluding carboxylic acids is 1. The van der Waals surface area contributed by atoms with Crippen molar-refractivity contribution >= 4 is 41.7 Å². The van der Waals surface area contributed by atoms with E-state index in [0.717, 1.165) is 5.56 Å². The lowest BCUT2D eigenvalue weighted by molar-refractivity contribution is -0.143. The number of hydrogen-bond acceptors (Lipinski definition) is 4. The van der Waals surface area contributed by atoms with E-state index in [4.69, 9.17) is 0 Å². The van der Waals surface area contributed by atoms with Gasteiger partial charge in [-0.1, -0.05) is 6.07 Å². The number of amides is 1. The van der Waals surface area contributed by atoms with Gasteiger partial charge in [0.1, 0.15) is 5.82 Å². The van der Waals surface area contributed by atoms with Crippen LogP contribution < -0.4 is 16.0 Å². The van der Waals surface area contributed by atoms with Crippen LogP contribution in [0.1, 0.15) is 18.4 Å². The van der Waals surface area contributed by atoms with Crippen LogP contribution in [-0.4, -0.2) is 67.2 Å². The van der Waals surface area contributed by atoms with Crippen LogP contribution in [0, 0.1) is 6.92 Å². The van der Waals surface area contributed by atoms with Crippen LogP contribution in [-0.2, 0) is 4.79 Å². The van der Waals surface area contributed by atoms with Crippen LogP contribution in [0.4, 0.5) is 19.0 Å². The summed E-state index contributed by atoms with van der Waals surface area (Å²) in [5.41, 5.74) is 1.00. The summed E-state index contributed by atoms with van der Waals surface area (Å²) in [6.07, 6.45) is -1.70. The number of hydrogen-bond donors (Lipinski definition) is 3. The normalized spacial score (nSPS) is 17.8. The number of nitrogens with one attached hydrogen (secondary N) is 3. The maximum Gasteiger partial charge on any atom is 0.401 e. The van der Waals surface area contributed by atoms with Gasteiger partial charge in [-0.15, -0.1) is 24.0 Å². The molecular formula is C17H26F3IN6O. The van der Waals surface area contributed by atoms with Crippen LogP contribution in [0.2, 0.25) is 0 Å². The number of rotatable bonds is 6. The van der Waals surface area contributed by atoms with Crippen molar-refractivity contribution in [3.05, 3.63) is 23.9 Å². The van der Waals surface area contributed by atoms with Crippen molar-refractivity contribution < 1.29 is 18.0 Å². The molecule has 1 aliphatic rings. The molecule has 2 heterocycles. The Kier molecular flexibility index (Phi) is 9.93. The maximum atomic E-state index is 12.4. The van der Waals surface area contributed by atoms with Crippen molar-refractivity contribution in [2.75, 3.05) is 38.5 Å². The molecule has 1 aliphatic heterocycles. The van der Waals surface area contributed by atoms with Crippen molar-refractivity contribution in [2.24, 2.45) is 4.99 Å². The summed E-state index contributed by atoms with van der Waals surface area (Å²) in [6.45, 7) is 2.05. The number of pyridine rings is 1. The number of halogens is 4. The van der Waals surface area contributed by atoms with E-state index in [2.05, 4.69) is 25.9 Å². The molecule has 2 rings (SSSR count). The fraction of sp³-hybridized carbons (Fsp3) is 0.588. The number of anilines is 1. The fourth-order valence-electron chi connectivity index (χ4n) is 2.78. The van der Waals surface area contributed by atoms with Crippen molar-refractivity contribution in [2.45, 2.75) is 32.0 Å². The number of aromatic nitrogens is 1. The lowest BCUT2D eigenvalue weighted by Gasteiger charge is -2.19. The zero-order chi connectivity index (χ0) is 19.9. The summed E-state index contributed by atoms with van der Waals surface area (Å²) in [4.78, 5) is 21.4. The third kappa shape index (κ3) is 9.04. The third-order valence-corrected chi connectivity index (χ3v) is 4.06. The fourth-order valence-corrected chi connectivity index (χ4v) is 2.78. The second-order valence-electron chi connectivity index (χ2n) is 6.50. The Morgan fingerprint density at radius 2 is 2.14 bits per heavy atom. The third-order valence-electron chi connectivity index (χ3n) is 4.06. The molecule has 0 aliphatic carbocycles. The van der Waals surface area contributed by atoms with Crippen LogP contribution in [0.15, 0.2) is 23.3 Å². The number of guanidine groups is 1. The molecule has 7 nitrogen and oxygen atoms in total. The molecule has 0 spiro atoms. The molecule has 1 amide bonds. The SMILES string of the molecule is CN=C(NCCC(=O)Nc1ccc(C)cn1)NC1CCN(CC(F)(F)F)C1.I. The summed E-state index contributed by atoms with van der Waals surface area (Å²) in [6, 6.07) is 3.48. The van der Waals surface area contributed by atoms with E-state index >= 15 is 0 Å². The van der Waals surface area contributed by atoms with Gasteiger partial charge in [-0.05, 0) is 25.0 Å². The van der Waals surface area contributed by atoms with Gasteiger partial charge >= 0.3 is 6.18 Å². The topological polar surface area (TPSA) is 81.6 Å². The molecule has 1 saturated heterocycles. The minimum Gasteiger partial charge on any atom is -0.356 e. The molecule has 1 aromatic heterocycles. The van der Waals surface area contributed by atoms with Gasteiger partial charge in [-0.3, -0.25) is 14.7 Å². The van der Waals surface area contributed by atoms with Crippen LogP contribution >= 0.6 is 24.0 Å². The molecule has 28 heavy (non-hydrogen) atoms. The van der Waals surface area contributed by atoms with Gasteiger partial charge in [0.2, 0.25) is 5.91 Å². The van der Waals surface area contributed by atoms with Crippen molar-refractivity contribution in [3.8, 4) is 0 Å². The summed E-state index contributed by atoms with van der Waals surface area (Å²) < 4.78 is 37.3. The van der Waals surface area contributed by atoms with Gasteiger partial charge < -0.3 is 16.0 Å². The summed E-state index contributed by atoms with van der Waals surface area (Å²) in [5.74, 6) is 0.769. The molecule has 0 bridgehead atoms. The monoisotopic (exact) mass is 514 g/mol. The van der Waals surface area contributed by atoms with Crippen molar-refractivity contribution in [3.63, 3.8) is 0 Å². The number of nitrogens with zero attached hydrogens (tertiary/aromatic N) is 3. The molecule has 11 heteroatoms. The van der Waals surface area contributed by atoms with Gasteiger partial charge in [-0.25, -0.2) is 4.98 Å². The Bertz CT molecular complexity index is 653. The Labute approximate surface area is 179 Å². The molecule has 0 radical (unpaired) electrons.